The summed E-state index contributed by atoms with van der Waals surface area (Å²) in [6.45, 7) is 1.52. The smallest absolute Gasteiger partial charge is 0.159 e. The van der Waals surface area contributed by atoms with E-state index in [1.54, 1.807) is 42.5 Å². The van der Waals surface area contributed by atoms with Crippen molar-refractivity contribution >= 4 is 57.7 Å². The predicted octanol–water partition coefficient (Wildman–Crippen LogP) is 5.06. The Morgan fingerprint density at radius 3 is 2.31 bits per heavy atom. The minimum atomic E-state index is 0.00277. The van der Waals surface area contributed by atoms with Crippen molar-refractivity contribution < 1.29 is 4.79 Å². The lowest BCUT2D eigenvalue weighted by Crippen LogP contribution is -2.05. The number of hydrogen-bond acceptors (Lipinski definition) is 6. The van der Waals surface area contributed by atoms with Gasteiger partial charge < -0.3 is 16.4 Å². The Kier molecular flexibility index (Phi) is 5.25. The van der Waals surface area contributed by atoms with Crippen LogP contribution in [-0.2, 0) is 0 Å². The second-order valence-electron chi connectivity index (χ2n) is 5.47. The van der Waals surface area contributed by atoms with E-state index in [1.165, 1.54) is 13.3 Å². The van der Waals surface area contributed by atoms with Crippen LogP contribution in [-0.4, -0.2) is 15.8 Å². The molecule has 3 rings (SSSR count). The number of carbonyl (C=O) groups is 1. The highest BCUT2D eigenvalue weighted by molar-refractivity contribution is 6.43. The number of nitrogens with two attached hydrogens (primary N) is 1. The highest BCUT2D eigenvalue weighted by atomic mass is 35.5. The molecule has 0 amide bonds. The van der Waals surface area contributed by atoms with Crippen LogP contribution in [0.25, 0.3) is 0 Å². The van der Waals surface area contributed by atoms with Crippen LogP contribution in [0, 0.1) is 0 Å². The van der Waals surface area contributed by atoms with E-state index in [0.717, 1.165) is 5.69 Å². The van der Waals surface area contributed by atoms with Crippen LogP contribution < -0.4 is 16.4 Å². The average molecular weight is 388 g/mol. The molecule has 4 N–H and O–H groups in total. The quantitative estimate of drug-likeness (QED) is 0.530. The van der Waals surface area contributed by atoms with E-state index in [4.69, 9.17) is 28.9 Å². The first-order valence-corrected chi connectivity index (χ1v) is 8.41. The van der Waals surface area contributed by atoms with E-state index >= 15 is 0 Å². The number of nitrogens with zero attached hydrogens (tertiary/aromatic N) is 2. The third-order valence-electron chi connectivity index (χ3n) is 3.64. The van der Waals surface area contributed by atoms with Crippen LogP contribution in [0.15, 0.2) is 48.8 Å². The second kappa shape index (κ2) is 7.59. The molecule has 26 heavy (non-hydrogen) atoms. The first kappa shape index (κ1) is 18.0. The Balaban J connectivity index is 1.85. The predicted molar refractivity (Wildman–Crippen MR) is 106 cm³/mol. The number of hydrogen-bond donors (Lipinski definition) is 3. The van der Waals surface area contributed by atoms with E-state index in [0.29, 0.717) is 38.6 Å². The van der Waals surface area contributed by atoms with Crippen molar-refractivity contribution in [3.63, 3.8) is 0 Å². The van der Waals surface area contributed by atoms with E-state index in [9.17, 15) is 4.79 Å². The molecular weight excluding hydrogens is 373 g/mol. The molecule has 1 aromatic heterocycles. The highest BCUT2D eigenvalue weighted by Gasteiger charge is 2.11. The maximum absolute atomic E-state index is 11.3. The minimum Gasteiger partial charge on any atom is -0.393 e. The van der Waals surface area contributed by atoms with Gasteiger partial charge in [0.15, 0.2) is 17.4 Å². The highest BCUT2D eigenvalue weighted by Crippen LogP contribution is 2.34. The van der Waals surface area contributed by atoms with Crippen LogP contribution in [0.3, 0.4) is 0 Å². The Bertz CT molecular complexity index is 960. The fourth-order valence-electron chi connectivity index (χ4n) is 2.25. The Labute approximate surface area is 160 Å². The van der Waals surface area contributed by atoms with Crippen molar-refractivity contribution in [1.29, 1.82) is 0 Å². The van der Waals surface area contributed by atoms with Crippen molar-refractivity contribution in [2.24, 2.45) is 0 Å². The summed E-state index contributed by atoms with van der Waals surface area (Å²) in [5.41, 5.74) is 8.44. The molecule has 0 aliphatic heterocycles. The number of carbonyl (C=O) groups excluding carboxylic acids is 1. The third-order valence-corrected chi connectivity index (χ3v) is 4.46. The molecule has 0 atom stereocenters. The molecule has 132 valence electrons. The van der Waals surface area contributed by atoms with Gasteiger partial charge in [-0.05, 0) is 43.3 Å². The number of halogens is 2. The number of rotatable bonds is 5. The summed E-state index contributed by atoms with van der Waals surface area (Å²) >= 11 is 12.2. The van der Waals surface area contributed by atoms with E-state index in [-0.39, 0.29) is 5.78 Å². The van der Waals surface area contributed by atoms with E-state index in [2.05, 4.69) is 20.6 Å². The van der Waals surface area contributed by atoms with Gasteiger partial charge in [0, 0.05) is 11.3 Å². The lowest BCUT2D eigenvalue weighted by molar-refractivity contribution is 0.101. The van der Waals surface area contributed by atoms with E-state index < -0.39 is 0 Å². The molecule has 3 aromatic rings. The number of benzene rings is 2. The number of aromatic nitrogens is 2. The molecule has 0 saturated carbocycles. The fraction of sp³-hybridized carbons (Fsp3) is 0.0556. The summed E-state index contributed by atoms with van der Waals surface area (Å²) < 4.78 is 0. The van der Waals surface area contributed by atoms with Crippen molar-refractivity contribution in [1.82, 2.24) is 9.97 Å². The van der Waals surface area contributed by atoms with Crippen LogP contribution >= 0.6 is 23.2 Å². The molecule has 6 nitrogen and oxygen atoms in total. The lowest BCUT2D eigenvalue weighted by Gasteiger charge is -2.13. The normalized spacial score (nSPS) is 10.4. The molecule has 0 aliphatic carbocycles. The molecule has 1 heterocycles. The Morgan fingerprint density at radius 2 is 1.65 bits per heavy atom. The third kappa shape index (κ3) is 3.87. The van der Waals surface area contributed by atoms with Crippen LogP contribution in [0.1, 0.15) is 17.3 Å². The molecule has 0 radical (unpaired) electrons. The van der Waals surface area contributed by atoms with Crippen molar-refractivity contribution in [2.45, 2.75) is 6.92 Å². The summed E-state index contributed by atoms with van der Waals surface area (Å²) in [6.07, 6.45) is 1.38. The maximum atomic E-state index is 11.3. The lowest BCUT2D eigenvalue weighted by atomic mass is 10.1. The van der Waals surface area contributed by atoms with Crippen molar-refractivity contribution in [3.8, 4) is 0 Å². The summed E-state index contributed by atoms with van der Waals surface area (Å²) in [5, 5.41) is 6.96. The maximum Gasteiger partial charge on any atom is 0.159 e. The Hall–Kier alpha value is -2.83. The van der Waals surface area contributed by atoms with Crippen molar-refractivity contribution in [2.75, 3.05) is 16.4 Å². The van der Waals surface area contributed by atoms with Gasteiger partial charge >= 0.3 is 0 Å². The molecule has 0 aliphatic rings. The first-order valence-electron chi connectivity index (χ1n) is 7.65. The first-order chi connectivity index (χ1) is 12.5. The zero-order valence-electron chi connectivity index (χ0n) is 13.8. The van der Waals surface area contributed by atoms with E-state index in [1.807, 2.05) is 0 Å². The van der Waals surface area contributed by atoms with Gasteiger partial charge in [0.2, 0.25) is 0 Å². The molecule has 2 aromatic carbocycles. The summed E-state index contributed by atoms with van der Waals surface area (Å²) in [7, 11) is 0. The van der Waals surface area contributed by atoms with Gasteiger partial charge in [-0.2, -0.15) is 0 Å². The van der Waals surface area contributed by atoms with Crippen molar-refractivity contribution in [3.05, 3.63) is 64.4 Å². The molecule has 8 heteroatoms. The van der Waals surface area contributed by atoms with Crippen LogP contribution in [0.4, 0.5) is 28.7 Å². The zero-order chi connectivity index (χ0) is 18.7. The number of nitrogens with one attached hydrogen (secondary N) is 2. The van der Waals surface area contributed by atoms with Gasteiger partial charge in [-0.15, -0.1) is 0 Å². The number of Topliss-reactive ketones (excluding diaryl/α,β-unsaturated/α-hetero) is 1. The summed E-state index contributed by atoms with van der Waals surface area (Å²) in [5.74, 6) is 0.825. The van der Waals surface area contributed by atoms with Gasteiger partial charge in [-0.25, -0.2) is 9.97 Å². The second-order valence-corrected chi connectivity index (χ2v) is 6.25. The fourth-order valence-corrected chi connectivity index (χ4v) is 2.60. The van der Waals surface area contributed by atoms with Gasteiger partial charge in [-0.1, -0.05) is 29.3 Å². The van der Waals surface area contributed by atoms with Crippen LogP contribution in [0.5, 0.6) is 0 Å². The average Bonchev–Trinajstić information content (AvgIpc) is 2.62. The largest absolute Gasteiger partial charge is 0.393 e. The van der Waals surface area contributed by atoms with Gasteiger partial charge in [-0.3, -0.25) is 4.79 Å². The van der Waals surface area contributed by atoms with Gasteiger partial charge in [0.25, 0.3) is 0 Å². The zero-order valence-corrected chi connectivity index (χ0v) is 15.3. The van der Waals surface area contributed by atoms with Gasteiger partial charge in [0.1, 0.15) is 12.0 Å². The number of ketones is 1. The topological polar surface area (TPSA) is 92.9 Å². The summed E-state index contributed by atoms with van der Waals surface area (Å²) in [6, 6.07) is 12.2. The Morgan fingerprint density at radius 1 is 1.00 bits per heavy atom. The molecule has 0 unspecified atom stereocenters. The molecule has 0 saturated heterocycles. The SMILES string of the molecule is CC(=O)c1ccc(Nc2ncnc(Nc3cccc(Cl)c3Cl)c2N)cc1. The van der Waals surface area contributed by atoms with Gasteiger partial charge in [0.05, 0.1) is 15.7 Å². The minimum absolute atomic E-state index is 0.00277. The molecular formula is C18H15Cl2N5O. The molecule has 0 bridgehead atoms. The molecule has 0 spiro atoms. The number of anilines is 5. The standard InChI is InChI=1S/C18H15Cl2N5O/c1-10(26)11-5-7-12(8-6-11)24-17-16(21)18(23-9-22-17)25-14-4-2-3-13(19)15(14)20/h2-9H,21H2,1H3,(H2,22,23,24,25). The molecule has 0 fully saturated rings. The number of nitrogen functional groups attached to an aromatic ring is 1. The van der Waals surface area contributed by atoms with Crippen LogP contribution in [0.2, 0.25) is 10.0 Å². The monoisotopic (exact) mass is 387 g/mol. The summed E-state index contributed by atoms with van der Waals surface area (Å²) in [4.78, 5) is 19.7.